The van der Waals surface area contributed by atoms with Crippen molar-refractivity contribution in [3.8, 4) is 0 Å². The average Bonchev–Trinajstić information content (AvgIpc) is 1.92. The third kappa shape index (κ3) is 870. The maximum atomic E-state index is 8.36. The van der Waals surface area contributed by atoms with Crippen molar-refractivity contribution >= 4 is 25.9 Å². The van der Waals surface area contributed by atoms with E-state index in [1.807, 2.05) is 0 Å². The zero-order valence-electron chi connectivity index (χ0n) is 6.35. The van der Waals surface area contributed by atoms with E-state index in [4.69, 9.17) is 39.6 Å². The summed E-state index contributed by atoms with van der Waals surface area (Å²) >= 11 is 0. The van der Waals surface area contributed by atoms with E-state index in [2.05, 4.69) is 0 Å². The maximum absolute atomic E-state index is 8.36. The Hall–Kier alpha value is -1.11. The van der Waals surface area contributed by atoms with Crippen molar-refractivity contribution in [3.63, 3.8) is 0 Å². The van der Waals surface area contributed by atoms with Crippen LogP contribution in [-0.4, -0.2) is 46.3 Å². The zero-order chi connectivity index (χ0) is 10.8. The van der Waals surface area contributed by atoms with Crippen molar-refractivity contribution in [1.82, 2.24) is 0 Å². The molecule has 0 aliphatic heterocycles. The Morgan fingerprint density at radius 1 is 0.571 bits per heavy atom. The summed E-state index contributed by atoms with van der Waals surface area (Å²) in [7, 11) is 0. The van der Waals surface area contributed by atoms with Crippen LogP contribution in [0.15, 0.2) is 0 Å². The summed E-state index contributed by atoms with van der Waals surface area (Å²) in [6.07, 6.45) is 0. The van der Waals surface area contributed by atoms with Crippen molar-refractivity contribution in [1.29, 1.82) is 0 Å². The van der Waals surface area contributed by atoms with Gasteiger partial charge >= 0.3 is 0 Å². The fourth-order valence-corrected chi connectivity index (χ4v) is 0. The van der Waals surface area contributed by atoms with Crippen LogP contribution in [-0.2, 0) is 52.7 Å². The van der Waals surface area contributed by atoms with Crippen LogP contribution in [0.2, 0.25) is 0 Å². The van der Waals surface area contributed by atoms with Crippen molar-refractivity contribution < 1.29 is 73.2 Å². The minimum Gasteiger partial charge on any atom is -0.483 e. The quantitative estimate of drug-likeness (QED) is 0.322. The molecular weight excluding hydrogens is 298 g/mol. The van der Waals surface area contributed by atoms with Crippen molar-refractivity contribution in [2.75, 3.05) is 0 Å². The Labute approximate surface area is 99.3 Å². The van der Waals surface area contributed by atoms with Crippen molar-refractivity contribution in [3.05, 3.63) is 0 Å². The number of hydrogen-bond donors (Lipinski definition) is 4. The molecule has 0 fully saturated rings. The Morgan fingerprint density at radius 2 is 0.571 bits per heavy atom. The number of hydrogen-bond acceptors (Lipinski definition) is 4. The normalized spacial score (nSPS) is 3.43. The van der Waals surface area contributed by atoms with Crippen LogP contribution in [0.1, 0.15) is 0 Å². The molecule has 0 unspecified atom stereocenters. The second-order valence-electron chi connectivity index (χ2n) is 0.422. The van der Waals surface area contributed by atoms with Crippen molar-refractivity contribution in [2.45, 2.75) is 0 Å². The van der Waals surface area contributed by atoms with Crippen LogP contribution in [0.25, 0.3) is 0 Å². The summed E-state index contributed by atoms with van der Waals surface area (Å²) in [6, 6.07) is 0. The van der Waals surface area contributed by atoms with Gasteiger partial charge in [-0.15, -0.1) is 0 Å². The summed E-state index contributed by atoms with van der Waals surface area (Å²) in [6.45, 7) is -1.00. The van der Waals surface area contributed by atoms with Gasteiger partial charge in [0.1, 0.15) is 0 Å². The smallest absolute Gasteiger partial charge is 0.290 e. The Bertz CT molecular complexity index is 75.3. The summed E-state index contributed by atoms with van der Waals surface area (Å²) < 4.78 is 0. The van der Waals surface area contributed by atoms with E-state index < -0.39 is 0 Å². The Morgan fingerprint density at radius 3 is 0.571 bits per heavy atom. The average molecular weight is 306 g/mol. The molecule has 0 rings (SSSR count). The third-order valence-corrected chi connectivity index (χ3v) is 0. The molecule has 0 bridgehead atoms. The molecule has 0 saturated carbocycles. The van der Waals surface area contributed by atoms with Gasteiger partial charge in [0.15, 0.2) is 0 Å². The van der Waals surface area contributed by atoms with Crippen molar-refractivity contribution in [2.24, 2.45) is 0 Å². The molecule has 0 aromatic carbocycles. The summed E-state index contributed by atoms with van der Waals surface area (Å²) in [5.74, 6) is 0. The van der Waals surface area contributed by atoms with Gasteiger partial charge < -0.3 is 20.4 Å². The third-order valence-electron chi connectivity index (χ3n) is 0. The number of carboxylic acid groups (broad SMARTS) is 4. The zero-order valence-corrected chi connectivity index (χ0v) is 8.28. The van der Waals surface area contributed by atoms with Gasteiger partial charge in [0.25, 0.3) is 25.9 Å². The second-order valence-corrected chi connectivity index (χ2v) is 0.422. The van der Waals surface area contributed by atoms with E-state index >= 15 is 0 Å². The van der Waals surface area contributed by atoms with E-state index in [1.165, 1.54) is 0 Å². The van der Waals surface area contributed by atoms with Gasteiger partial charge in [0.2, 0.25) is 0 Å². The molecular formula is C4H8CuNiO8. The van der Waals surface area contributed by atoms with E-state index in [-0.39, 0.29) is 59.4 Å². The molecule has 0 saturated heterocycles. The molecule has 1 radical (unpaired) electrons. The van der Waals surface area contributed by atoms with Gasteiger partial charge in [-0.05, 0) is 0 Å². The number of carbonyl (C=O) groups is 4. The summed E-state index contributed by atoms with van der Waals surface area (Å²) in [4.78, 5) is 33.4. The SMILES string of the molecule is O=CO.O=CO.O=CO.O=CO.[Cu].[Ni]. The molecule has 0 atom stereocenters. The molecule has 0 aliphatic rings. The van der Waals surface area contributed by atoms with Crippen LogP contribution in [0, 0.1) is 0 Å². The van der Waals surface area contributed by atoms with Gasteiger partial charge in [-0.3, -0.25) is 19.2 Å². The van der Waals surface area contributed by atoms with E-state index in [9.17, 15) is 0 Å². The van der Waals surface area contributed by atoms with E-state index in [0.717, 1.165) is 0 Å². The predicted octanol–water partition coefficient (Wildman–Crippen LogP) is -1.20. The van der Waals surface area contributed by atoms with E-state index in [1.54, 1.807) is 0 Å². The van der Waals surface area contributed by atoms with Gasteiger partial charge in [-0.25, -0.2) is 0 Å². The largest absolute Gasteiger partial charge is 0.483 e. The molecule has 8 nitrogen and oxygen atoms in total. The Balaban J connectivity index is -0.0000000145. The monoisotopic (exact) mass is 305 g/mol. The van der Waals surface area contributed by atoms with Crippen LogP contribution in [0.4, 0.5) is 0 Å². The first kappa shape index (κ1) is 38.4. The summed E-state index contributed by atoms with van der Waals surface area (Å²) in [5, 5.41) is 27.6. The first-order valence-corrected chi connectivity index (χ1v) is 1.98. The molecule has 0 amide bonds. The first-order chi connectivity index (χ1) is 5.66. The summed E-state index contributed by atoms with van der Waals surface area (Å²) in [5.41, 5.74) is 0. The molecule has 14 heavy (non-hydrogen) atoms. The predicted molar refractivity (Wildman–Crippen MR) is 34.8 cm³/mol. The molecule has 0 aromatic rings. The van der Waals surface area contributed by atoms with Gasteiger partial charge in [-0.2, -0.15) is 0 Å². The number of rotatable bonds is 0. The Kier molecular flexibility index (Phi) is 462. The van der Waals surface area contributed by atoms with Crippen LogP contribution < -0.4 is 0 Å². The fourth-order valence-electron chi connectivity index (χ4n) is 0. The van der Waals surface area contributed by atoms with Gasteiger partial charge in [-0.1, -0.05) is 0 Å². The van der Waals surface area contributed by atoms with E-state index in [0.29, 0.717) is 0 Å². The standard InChI is InChI=1S/4CH2O2.Cu.Ni/c4*2-1-3;;/h4*1H,(H,2,3);;. The van der Waals surface area contributed by atoms with Gasteiger partial charge in [0.05, 0.1) is 0 Å². The second kappa shape index (κ2) is 169. The first-order valence-electron chi connectivity index (χ1n) is 1.98. The fraction of sp³-hybridized carbons (Fsp3) is 0. The maximum Gasteiger partial charge on any atom is 0.290 e. The van der Waals surface area contributed by atoms with Crippen LogP contribution in [0.5, 0.6) is 0 Å². The minimum absolute atomic E-state index is 0. The molecule has 0 spiro atoms. The molecule has 4 N–H and O–H groups in total. The molecule has 0 aromatic heterocycles. The van der Waals surface area contributed by atoms with Gasteiger partial charge in [0, 0.05) is 33.6 Å². The molecule has 93 valence electrons. The van der Waals surface area contributed by atoms with Crippen LogP contribution in [0.3, 0.4) is 0 Å². The molecule has 0 aliphatic carbocycles. The molecule has 0 heterocycles. The topological polar surface area (TPSA) is 149 Å². The minimum atomic E-state index is -0.250. The molecule has 10 heteroatoms. The van der Waals surface area contributed by atoms with Crippen LogP contribution >= 0.6 is 0 Å².